The maximum absolute atomic E-state index is 12.3. The molecule has 4 nitrogen and oxygen atoms in total. The van der Waals surface area contributed by atoms with Crippen molar-refractivity contribution in [3.63, 3.8) is 0 Å². The number of nitrogens with two attached hydrogens (primary N) is 1. The summed E-state index contributed by atoms with van der Waals surface area (Å²) in [6.07, 6.45) is 0. The Hall–Kier alpha value is -0.790. The molecule has 0 saturated carbocycles. The number of hydrogen-bond donors (Lipinski definition) is 2. The van der Waals surface area contributed by atoms with E-state index < -0.39 is 10.0 Å². The van der Waals surface area contributed by atoms with Gasteiger partial charge in [-0.2, -0.15) is 0 Å². The van der Waals surface area contributed by atoms with E-state index in [1.807, 2.05) is 0 Å². The summed E-state index contributed by atoms with van der Waals surface area (Å²) in [7, 11) is -3.72. The first kappa shape index (κ1) is 15.6. The predicted octanol–water partition coefficient (Wildman–Crippen LogP) is 3.62. The Morgan fingerprint density at radius 1 is 1.25 bits per heavy atom. The normalized spacial score (nSPS) is 11.6. The van der Waals surface area contributed by atoms with Gasteiger partial charge in [-0.05, 0) is 30.7 Å². The highest BCUT2D eigenvalue weighted by atomic mass is 35.5. The van der Waals surface area contributed by atoms with Crippen LogP contribution in [0.25, 0.3) is 0 Å². The van der Waals surface area contributed by atoms with Gasteiger partial charge in [-0.15, -0.1) is 11.3 Å². The third kappa shape index (κ3) is 3.10. The summed E-state index contributed by atoms with van der Waals surface area (Å²) in [6.45, 7) is 2.07. The molecule has 8 heteroatoms. The topological polar surface area (TPSA) is 72.2 Å². The van der Waals surface area contributed by atoms with Crippen LogP contribution in [0.1, 0.15) is 10.4 Å². The van der Waals surface area contributed by atoms with Gasteiger partial charge in [0.2, 0.25) is 0 Å². The van der Waals surface area contributed by atoms with E-state index >= 15 is 0 Å². The van der Waals surface area contributed by atoms with E-state index in [2.05, 4.69) is 4.72 Å². The molecule has 0 unspecified atom stereocenters. The summed E-state index contributed by atoms with van der Waals surface area (Å²) in [5, 5.41) is 0.538. The number of anilines is 1. The Bertz CT molecular complexity index is 742. The first-order valence-corrected chi connectivity index (χ1v) is 8.67. The van der Waals surface area contributed by atoms with E-state index in [1.54, 1.807) is 25.1 Å². The Kier molecular flexibility index (Phi) is 4.61. The van der Waals surface area contributed by atoms with Crippen molar-refractivity contribution >= 4 is 50.2 Å². The first-order valence-electron chi connectivity index (χ1n) is 5.61. The molecule has 2 rings (SSSR count). The number of thiophene rings is 1. The molecule has 108 valence electrons. The van der Waals surface area contributed by atoms with Crippen LogP contribution < -0.4 is 10.5 Å². The highest BCUT2D eigenvalue weighted by Crippen LogP contribution is 2.35. The SMILES string of the molecule is Cc1ccc(Cl)c(NS(=O)(=O)c2ccc(CN)s2)c1Cl. The number of hydrogen-bond acceptors (Lipinski definition) is 4. The molecular weight excluding hydrogens is 339 g/mol. The Morgan fingerprint density at radius 2 is 1.95 bits per heavy atom. The quantitative estimate of drug-likeness (QED) is 0.884. The molecule has 0 atom stereocenters. The standard InChI is InChI=1S/C12H12Cl2N2O2S2/c1-7-2-4-9(13)12(11(7)14)16-20(17,18)10-5-3-8(6-15)19-10/h2-5,16H,6,15H2,1H3. The van der Waals surface area contributed by atoms with Crippen LogP contribution in [-0.2, 0) is 16.6 Å². The van der Waals surface area contributed by atoms with Crippen LogP contribution in [0.3, 0.4) is 0 Å². The van der Waals surface area contributed by atoms with Gasteiger partial charge < -0.3 is 5.73 Å². The first-order chi connectivity index (χ1) is 9.35. The minimum Gasteiger partial charge on any atom is -0.326 e. The fourth-order valence-electron chi connectivity index (χ4n) is 1.55. The Morgan fingerprint density at radius 3 is 2.55 bits per heavy atom. The van der Waals surface area contributed by atoms with Crippen molar-refractivity contribution in [2.24, 2.45) is 5.73 Å². The van der Waals surface area contributed by atoms with Gasteiger partial charge >= 0.3 is 0 Å². The fourth-order valence-corrected chi connectivity index (χ4v) is 4.45. The predicted molar refractivity (Wildman–Crippen MR) is 84.2 cm³/mol. The maximum atomic E-state index is 12.3. The summed E-state index contributed by atoms with van der Waals surface area (Å²) >= 11 is 13.2. The zero-order valence-electron chi connectivity index (χ0n) is 10.5. The molecule has 2 aromatic rings. The molecule has 0 fully saturated rings. The van der Waals surface area contributed by atoms with E-state index in [4.69, 9.17) is 28.9 Å². The second-order valence-corrected chi connectivity index (χ2v) is 7.95. The molecule has 0 radical (unpaired) electrons. The van der Waals surface area contributed by atoms with Crippen molar-refractivity contribution < 1.29 is 8.42 Å². The zero-order chi connectivity index (χ0) is 14.9. The van der Waals surface area contributed by atoms with E-state index in [9.17, 15) is 8.42 Å². The van der Waals surface area contributed by atoms with Gasteiger partial charge in [0.15, 0.2) is 0 Å². The van der Waals surface area contributed by atoms with Gasteiger partial charge in [0.05, 0.1) is 15.7 Å². The van der Waals surface area contributed by atoms with Gasteiger partial charge in [-0.1, -0.05) is 29.3 Å². The lowest BCUT2D eigenvalue weighted by atomic mass is 10.2. The molecule has 0 aliphatic carbocycles. The van der Waals surface area contributed by atoms with E-state index in [0.717, 1.165) is 21.8 Å². The lowest BCUT2D eigenvalue weighted by Crippen LogP contribution is -2.12. The van der Waals surface area contributed by atoms with Crippen LogP contribution in [0.4, 0.5) is 5.69 Å². The minimum absolute atomic E-state index is 0.173. The van der Waals surface area contributed by atoms with Crippen molar-refractivity contribution in [1.82, 2.24) is 0 Å². The minimum atomic E-state index is -3.72. The van der Waals surface area contributed by atoms with Crippen LogP contribution in [0.5, 0.6) is 0 Å². The molecule has 20 heavy (non-hydrogen) atoms. The number of benzene rings is 1. The summed E-state index contributed by atoms with van der Waals surface area (Å²) < 4.78 is 27.2. The van der Waals surface area contributed by atoms with Crippen molar-refractivity contribution in [1.29, 1.82) is 0 Å². The van der Waals surface area contributed by atoms with Crippen LogP contribution >= 0.6 is 34.5 Å². The summed E-state index contributed by atoms with van der Waals surface area (Å²) in [5.41, 5.74) is 6.41. The van der Waals surface area contributed by atoms with Gasteiger partial charge in [-0.25, -0.2) is 8.42 Å². The largest absolute Gasteiger partial charge is 0.326 e. The number of nitrogens with one attached hydrogen (secondary N) is 1. The third-order valence-corrected chi connectivity index (χ3v) is 6.37. The van der Waals surface area contributed by atoms with Crippen LogP contribution in [0.2, 0.25) is 10.0 Å². The molecule has 0 aliphatic heterocycles. The highest BCUT2D eigenvalue weighted by Gasteiger charge is 2.20. The summed E-state index contributed by atoms with van der Waals surface area (Å²) in [5.74, 6) is 0. The number of rotatable bonds is 4. The Labute approximate surface area is 131 Å². The zero-order valence-corrected chi connectivity index (χ0v) is 13.6. The van der Waals surface area contributed by atoms with Gasteiger partial charge in [0.25, 0.3) is 10.0 Å². The van der Waals surface area contributed by atoms with Crippen molar-refractivity contribution in [3.05, 3.63) is 44.8 Å². The highest BCUT2D eigenvalue weighted by molar-refractivity contribution is 7.94. The lowest BCUT2D eigenvalue weighted by Gasteiger charge is -2.11. The Balaban J connectivity index is 2.41. The number of halogens is 2. The lowest BCUT2D eigenvalue weighted by molar-refractivity contribution is 0.603. The van der Waals surface area contributed by atoms with E-state index in [-0.39, 0.29) is 19.9 Å². The van der Waals surface area contributed by atoms with E-state index in [1.165, 1.54) is 6.07 Å². The number of sulfonamides is 1. The molecule has 3 N–H and O–H groups in total. The second kappa shape index (κ2) is 5.91. The summed E-state index contributed by atoms with van der Waals surface area (Å²) in [4.78, 5) is 0.784. The van der Waals surface area contributed by atoms with Gasteiger partial charge in [0.1, 0.15) is 4.21 Å². The molecular formula is C12H12Cl2N2O2S2. The fraction of sp³-hybridized carbons (Fsp3) is 0.167. The summed E-state index contributed by atoms with van der Waals surface area (Å²) in [6, 6.07) is 6.51. The second-order valence-electron chi connectivity index (χ2n) is 4.08. The van der Waals surface area contributed by atoms with Crippen LogP contribution in [0.15, 0.2) is 28.5 Å². The van der Waals surface area contributed by atoms with Gasteiger partial charge in [-0.3, -0.25) is 4.72 Å². The molecule has 1 aromatic heterocycles. The maximum Gasteiger partial charge on any atom is 0.271 e. The van der Waals surface area contributed by atoms with Crippen molar-refractivity contribution in [2.75, 3.05) is 4.72 Å². The third-order valence-electron chi connectivity index (χ3n) is 2.62. The molecule has 0 saturated heterocycles. The number of aryl methyl sites for hydroxylation is 1. The van der Waals surface area contributed by atoms with Crippen LogP contribution in [-0.4, -0.2) is 8.42 Å². The molecule has 0 spiro atoms. The molecule has 1 heterocycles. The average Bonchev–Trinajstić information content (AvgIpc) is 2.89. The average molecular weight is 351 g/mol. The van der Waals surface area contributed by atoms with E-state index in [0.29, 0.717) is 6.54 Å². The molecule has 1 aromatic carbocycles. The van der Waals surface area contributed by atoms with Crippen LogP contribution in [0, 0.1) is 6.92 Å². The van der Waals surface area contributed by atoms with Gasteiger partial charge in [0, 0.05) is 11.4 Å². The molecule has 0 bridgehead atoms. The van der Waals surface area contributed by atoms with Crippen molar-refractivity contribution in [2.45, 2.75) is 17.7 Å². The molecule has 0 amide bonds. The van der Waals surface area contributed by atoms with Crippen molar-refractivity contribution in [3.8, 4) is 0 Å². The monoisotopic (exact) mass is 350 g/mol. The molecule has 0 aliphatic rings. The smallest absolute Gasteiger partial charge is 0.271 e.